The smallest absolute Gasteiger partial charge is 0.328 e. The number of aromatic nitrogens is 2. The Morgan fingerprint density at radius 3 is 2.67 bits per heavy atom. The third-order valence-corrected chi connectivity index (χ3v) is 1.72. The van der Waals surface area contributed by atoms with E-state index in [0.717, 1.165) is 5.56 Å². The van der Waals surface area contributed by atoms with Crippen molar-refractivity contribution in [2.75, 3.05) is 19.0 Å². The molecule has 0 amide bonds. The number of hydrogen-bond donors (Lipinski definition) is 2. The molecule has 1 aromatic heterocycles. The van der Waals surface area contributed by atoms with Crippen LogP contribution in [0.1, 0.15) is 5.56 Å². The lowest BCUT2D eigenvalue weighted by molar-refractivity contribution is -0.139. The maximum atomic E-state index is 10.8. The summed E-state index contributed by atoms with van der Waals surface area (Å²) >= 11 is 0. The molecule has 0 radical (unpaired) electrons. The van der Waals surface area contributed by atoms with Crippen LogP contribution in [0.4, 0.5) is 5.95 Å². The molecule has 2 N–H and O–H groups in total. The van der Waals surface area contributed by atoms with Gasteiger partial charge in [-0.05, 0) is 12.5 Å². The van der Waals surface area contributed by atoms with Crippen LogP contribution in [0.2, 0.25) is 0 Å². The molecule has 0 saturated carbocycles. The van der Waals surface area contributed by atoms with Crippen LogP contribution in [0, 0.1) is 6.92 Å². The second-order valence-corrected chi connectivity index (χ2v) is 3.07. The third-order valence-electron chi connectivity index (χ3n) is 1.72. The number of carboxylic acids is 1. The van der Waals surface area contributed by atoms with Crippen molar-refractivity contribution in [1.29, 1.82) is 0 Å². The summed E-state index contributed by atoms with van der Waals surface area (Å²) in [6, 6.07) is -0.835. The molecule has 1 atom stereocenters. The molecule has 0 aliphatic carbocycles. The van der Waals surface area contributed by atoms with Gasteiger partial charge in [-0.15, -0.1) is 0 Å². The van der Waals surface area contributed by atoms with Gasteiger partial charge in [0.25, 0.3) is 0 Å². The minimum atomic E-state index is -0.999. The Morgan fingerprint density at radius 2 is 2.20 bits per heavy atom. The Hall–Kier alpha value is -1.69. The Kier molecular flexibility index (Phi) is 3.99. The number of aliphatic carboxylic acids is 1. The minimum Gasteiger partial charge on any atom is -0.480 e. The van der Waals surface area contributed by atoms with Crippen molar-refractivity contribution in [3.63, 3.8) is 0 Å². The lowest BCUT2D eigenvalue weighted by Crippen LogP contribution is -2.34. The maximum Gasteiger partial charge on any atom is 0.328 e. The minimum absolute atomic E-state index is 0.0621. The number of nitrogens with one attached hydrogen (secondary N) is 1. The monoisotopic (exact) mass is 211 g/mol. The summed E-state index contributed by atoms with van der Waals surface area (Å²) in [5.74, 6) is -0.717. The van der Waals surface area contributed by atoms with Gasteiger partial charge in [0.1, 0.15) is 0 Å². The molecule has 1 unspecified atom stereocenters. The predicted octanol–water partition coefficient (Wildman–Crippen LogP) is 0.297. The molecule has 1 rings (SSSR count). The Bertz CT molecular complexity index is 326. The van der Waals surface area contributed by atoms with Gasteiger partial charge < -0.3 is 15.2 Å². The molecule has 1 aromatic rings. The number of anilines is 1. The number of carboxylic acid groups (broad SMARTS) is 1. The van der Waals surface area contributed by atoms with E-state index >= 15 is 0 Å². The van der Waals surface area contributed by atoms with Crippen molar-refractivity contribution in [1.82, 2.24) is 9.97 Å². The Morgan fingerprint density at radius 1 is 1.60 bits per heavy atom. The van der Waals surface area contributed by atoms with Crippen LogP contribution in [-0.2, 0) is 9.53 Å². The van der Waals surface area contributed by atoms with Gasteiger partial charge in [0.05, 0.1) is 6.61 Å². The highest BCUT2D eigenvalue weighted by molar-refractivity contribution is 5.76. The van der Waals surface area contributed by atoms with Crippen LogP contribution in [0.5, 0.6) is 0 Å². The van der Waals surface area contributed by atoms with E-state index in [1.807, 2.05) is 6.92 Å². The zero-order valence-electron chi connectivity index (χ0n) is 8.60. The van der Waals surface area contributed by atoms with E-state index in [9.17, 15) is 4.79 Å². The molecule has 0 spiro atoms. The number of hydrogen-bond acceptors (Lipinski definition) is 5. The highest BCUT2D eigenvalue weighted by Crippen LogP contribution is 2.01. The molecular weight excluding hydrogens is 198 g/mol. The molecule has 0 aliphatic rings. The topological polar surface area (TPSA) is 84.3 Å². The molecule has 15 heavy (non-hydrogen) atoms. The maximum absolute atomic E-state index is 10.8. The van der Waals surface area contributed by atoms with Crippen LogP contribution in [0.15, 0.2) is 12.4 Å². The van der Waals surface area contributed by atoms with Crippen LogP contribution >= 0.6 is 0 Å². The summed E-state index contributed by atoms with van der Waals surface area (Å²) in [6.07, 6.45) is 3.22. The summed E-state index contributed by atoms with van der Waals surface area (Å²) in [5.41, 5.74) is 0.916. The zero-order chi connectivity index (χ0) is 11.3. The van der Waals surface area contributed by atoms with Crippen LogP contribution < -0.4 is 5.32 Å². The summed E-state index contributed by atoms with van der Waals surface area (Å²) in [7, 11) is 1.44. The lowest BCUT2D eigenvalue weighted by Gasteiger charge is -2.12. The van der Waals surface area contributed by atoms with Gasteiger partial charge in [0, 0.05) is 19.5 Å². The first kappa shape index (κ1) is 11.4. The standard InChI is InChI=1S/C9H13N3O3/c1-6-3-10-9(11-4-6)12-7(5-15-2)8(13)14/h3-4,7H,5H2,1-2H3,(H,13,14)(H,10,11,12). The Labute approximate surface area is 87.3 Å². The Balaban J connectivity index is 2.65. The van der Waals surface area contributed by atoms with E-state index < -0.39 is 12.0 Å². The van der Waals surface area contributed by atoms with Gasteiger partial charge in [-0.2, -0.15) is 0 Å². The van der Waals surface area contributed by atoms with Crippen LogP contribution in [0.25, 0.3) is 0 Å². The van der Waals surface area contributed by atoms with E-state index in [4.69, 9.17) is 9.84 Å². The molecule has 0 fully saturated rings. The molecule has 0 aliphatic heterocycles. The molecule has 6 heteroatoms. The number of rotatable bonds is 5. The largest absolute Gasteiger partial charge is 0.480 e. The van der Waals surface area contributed by atoms with E-state index in [2.05, 4.69) is 15.3 Å². The SMILES string of the molecule is COCC(Nc1ncc(C)cn1)C(=O)O. The molecule has 6 nitrogen and oxygen atoms in total. The second-order valence-electron chi connectivity index (χ2n) is 3.07. The van der Waals surface area contributed by atoms with Crippen molar-refractivity contribution < 1.29 is 14.6 Å². The van der Waals surface area contributed by atoms with Gasteiger partial charge in [0.2, 0.25) is 5.95 Å². The van der Waals surface area contributed by atoms with Crippen molar-refractivity contribution in [3.8, 4) is 0 Å². The third kappa shape index (κ3) is 3.51. The van der Waals surface area contributed by atoms with Crippen molar-refractivity contribution in [3.05, 3.63) is 18.0 Å². The van der Waals surface area contributed by atoms with Gasteiger partial charge in [-0.25, -0.2) is 14.8 Å². The van der Waals surface area contributed by atoms with Crippen LogP contribution in [0.3, 0.4) is 0 Å². The fourth-order valence-corrected chi connectivity index (χ4v) is 0.964. The van der Waals surface area contributed by atoms with E-state index in [-0.39, 0.29) is 12.6 Å². The summed E-state index contributed by atoms with van der Waals surface area (Å²) in [5, 5.41) is 11.5. The van der Waals surface area contributed by atoms with Crippen molar-refractivity contribution >= 4 is 11.9 Å². The van der Waals surface area contributed by atoms with E-state index in [1.54, 1.807) is 12.4 Å². The van der Waals surface area contributed by atoms with Crippen molar-refractivity contribution in [2.45, 2.75) is 13.0 Å². The average Bonchev–Trinajstić information content (AvgIpc) is 2.20. The summed E-state index contributed by atoms with van der Waals surface area (Å²) in [6.45, 7) is 1.92. The first-order chi connectivity index (χ1) is 7.13. The fourth-order valence-electron chi connectivity index (χ4n) is 0.964. The normalized spacial score (nSPS) is 12.1. The molecule has 0 saturated heterocycles. The number of nitrogens with zero attached hydrogens (tertiary/aromatic N) is 2. The van der Waals surface area contributed by atoms with Gasteiger partial charge in [0.15, 0.2) is 6.04 Å². The first-order valence-electron chi connectivity index (χ1n) is 4.40. The molecule has 0 aromatic carbocycles. The van der Waals surface area contributed by atoms with Gasteiger partial charge in [-0.3, -0.25) is 0 Å². The zero-order valence-corrected chi connectivity index (χ0v) is 8.60. The number of carbonyl (C=O) groups is 1. The molecular formula is C9H13N3O3. The summed E-state index contributed by atoms with van der Waals surface area (Å²) in [4.78, 5) is 18.6. The van der Waals surface area contributed by atoms with Gasteiger partial charge >= 0.3 is 5.97 Å². The molecule has 1 heterocycles. The number of ether oxygens (including phenoxy) is 1. The lowest BCUT2D eigenvalue weighted by atomic mass is 10.3. The number of methoxy groups -OCH3 is 1. The highest BCUT2D eigenvalue weighted by atomic mass is 16.5. The quantitative estimate of drug-likeness (QED) is 0.728. The molecule has 0 bridgehead atoms. The predicted molar refractivity (Wildman–Crippen MR) is 53.7 cm³/mol. The van der Waals surface area contributed by atoms with E-state index in [0.29, 0.717) is 0 Å². The van der Waals surface area contributed by atoms with Crippen LogP contribution in [-0.4, -0.2) is 40.8 Å². The average molecular weight is 211 g/mol. The fraction of sp³-hybridized carbons (Fsp3) is 0.444. The highest BCUT2D eigenvalue weighted by Gasteiger charge is 2.17. The van der Waals surface area contributed by atoms with Crippen molar-refractivity contribution in [2.24, 2.45) is 0 Å². The number of aryl methyl sites for hydroxylation is 1. The molecule has 82 valence electrons. The van der Waals surface area contributed by atoms with Gasteiger partial charge in [-0.1, -0.05) is 0 Å². The van der Waals surface area contributed by atoms with E-state index in [1.165, 1.54) is 7.11 Å². The second kappa shape index (κ2) is 5.26. The summed E-state index contributed by atoms with van der Waals surface area (Å²) < 4.78 is 4.76. The first-order valence-corrected chi connectivity index (χ1v) is 4.40.